The average molecular weight is 655 g/mol. The van der Waals surface area contributed by atoms with Crippen molar-refractivity contribution < 1.29 is 50.0 Å². The normalized spacial score (nSPS) is 57.1. The first-order valence-electron chi connectivity index (χ1n) is 17.9. The van der Waals surface area contributed by atoms with E-state index in [-0.39, 0.29) is 46.0 Å². The highest BCUT2D eigenvalue weighted by Crippen LogP contribution is 2.76. The van der Waals surface area contributed by atoms with Gasteiger partial charge in [-0.3, -0.25) is 0 Å². The molecule has 266 valence electrons. The van der Waals surface area contributed by atoms with Crippen molar-refractivity contribution in [1.29, 1.82) is 0 Å². The zero-order chi connectivity index (χ0) is 34.0. The van der Waals surface area contributed by atoms with Crippen molar-refractivity contribution in [3.8, 4) is 0 Å². The molecule has 0 bridgehead atoms. The Hall–Kier alpha value is -0.400. The number of hydrogen-bond acceptors (Lipinski definition) is 10. The lowest BCUT2D eigenvalue weighted by atomic mass is 9.34. The molecule has 17 atom stereocenters. The van der Waals surface area contributed by atoms with E-state index in [0.29, 0.717) is 19.3 Å². The van der Waals surface area contributed by atoms with Gasteiger partial charge in [-0.25, -0.2) is 0 Å². The summed E-state index contributed by atoms with van der Waals surface area (Å²) in [6.07, 6.45) is -2.57. The van der Waals surface area contributed by atoms with E-state index < -0.39 is 72.2 Å². The van der Waals surface area contributed by atoms with Crippen LogP contribution in [0.4, 0.5) is 0 Å². The van der Waals surface area contributed by atoms with Gasteiger partial charge in [-0.1, -0.05) is 34.6 Å². The van der Waals surface area contributed by atoms with Crippen LogP contribution >= 0.6 is 0 Å². The van der Waals surface area contributed by atoms with E-state index in [1.807, 2.05) is 0 Å². The molecule has 0 aromatic carbocycles. The number of aliphatic hydroxyl groups excluding tert-OH is 6. The third-order valence-corrected chi connectivity index (χ3v) is 15.3. The van der Waals surface area contributed by atoms with Gasteiger partial charge in [0.15, 0.2) is 6.29 Å². The third kappa shape index (κ3) is 4.94. The average Bonchev–Trinajstić information content (AvgIpc) is 3.55. The van der Waals surface area contributed by atoms with E-state index in [9.17, 15) is 35.7 Å². The highest BCUT2D eigenvalue weighted by Gasteiger charge is 2.74. The molecule has 6 rings (SSSR count). The van der Waals surface area contributed by atoms with Crippen LogP contribution in [0.1, 0.15) is 107 Å². The predicted octanol–water partition coefficient (Wildman–Crippen LogP) is 2.51. The van der Waals surface area contributed by atoms with Crippen molar-refractivity contribution >= 4 is 0 Å². The number of ether oxygens (including phenoxy) is 3. The van der Waals surface area contributed by atoms with E-state index in [2.05, 4.69) is 41.5 Å². The summed E-state index contributed by atoms with van der Waals surface area (Å²) in [5, 5.41) is 76.4. The maximum absolute atomic E-state index is 12.2. The van der Waals surface area contributed by atoms with Crippen LogP contribution in [0, 0.1) is 45.3 Å². The summed E-state index contributed by atoms with van der Waals surface area (Å²) in [5.41, 5.74) is -2.83. The summed E-state index contributed by atoms with van der Waals surface area (Å²) in [6, 6.07) is 0. The summed E-state index contributed by atoms with van der Waals surface area (Å²) in [7, 11) is 0. The van der Waals surface area contributed by atoms with Gasteiger partial charge in [0.05, 0.1) is 42.2 Å². The SMILES string of the molecule is CC(C)(O)[C@H]1CC[C@@](C)([C@H]2CC[C@]3(C)[C@@H]2[C@H](O)C[C@@H]2[C@]4(C)CC[C@@H](O)C(C)(C)[C@H]4[C@@H](O[C@H]4O[C@@H](CO)[C@H](O)[C@@H](O)[C@@H]4O)C[C@]23C)O1. The molecule has 6 aliphatic rings. The lowest BCUT2D eigenvalue weighted by Gasteiger charge is -2.72. The molecule has 2 aliphatic heterocycles. The predicted molar refractivity (Wildman–Crippen MR) is 169 cm³/mol. The molecule has 0 aromatic rings. The zero-order valence-electron chi connectivity index (χ0n) is 29.2. The van der Waals surface area contributed by atoms with Crippen LogP contribution < -0.4 is 0 Å². The summed E-state index contributed by atoms with van der Waals surface area (Å²) in [5.74, 6) is 0.0944. The quantitative estimate of drug-likeness (QED) is 0.219. The number of rotatable bonds is 5. The summed E-state index contributed by atoms with van der Waals surface area (Å²) in [4.78, 5) is 0. The molecule has 46 heavy (non-hydrogen) atoms. The molecule has 4 saturated carbocycles. The Morgan fingerprint density at radius 2 is 1.50 bits per heavy atom. The fourth-order valence-corrected chi connectivity index (χ4v) is 12.7. The molecule has 0 amide bonds. The van der Waals surface area contributed by atoms with Crippen LogP contribution in [0.3, 0.4) is 0 Å². The first kappa shape index (κ1) is 35.4. The Balaban J connectivity index is 1.38. The molecule has 10 nitrogen and oxygen atoms in total. The second-order valence-electron chi connectivity index (χ2n) is 18.4. The van der Waals surface area contributed by atoms with Crippen molar-refractivity contribution in [1.82, 2.24) is 0 Å². The van der Waals surface area contributed by atoms with Crippen molar-refractivity contribution in [3.05, 3.63) is 0 Å². The molecule has 0 unspecified atom stereocenters. The summed E-state index contributed by atoms with van der Waals surface area (Å²) < 4.78 is 19.4. The molecule has 2 heterocycles. The van der Waals surface area contributed by atoms with Gasteiger partial charge >= 0.3 is 0 Å². The molecular weight excluding hydrogens is 592 g/mol. The molecule has 6 fully saturated rings. The van der Waals surface area contributed by atoms with Crippen molar-refractivity contribution in [2.24, 2.45) is 45.3 Å². The number of hydrogen-bond donors (Lipinski definition) is 7. The minimum Gasteiger partial charge on any atom is -0.394 e. The van der Waals surface area contributed by atoms with Gasteiger partial charge in [0.1, 0.15) is 24.4 Å². The standard InChI is InChI=1S/C36H62O10/c1-31(2)23(39)10-12-33(5)22-15-19(38)25-18(36(8)14-11-24(46-36)32(3,4)43)9-13-34(25,6)35(22,7)16-20(29(31)33)44-30-28(42)27(41)26(40)21(17-37)45-30/h18-30,37-43H,9-17H2,1-8H3/t18-,19+,20-,21-,22+,23+,24+,25-,26-,27+,28-,29+,30-,33-,34+,35+,36-/m0/s1. The first-order valence-corrected chi connectivity index (χ1v) is 17.9. The van der Waals surface area contributed by atoms with Gasteiger partial charge in [0, 0.05) is 0 Å². The van der Waals surface area contributed by atoms with Gasteiger partial charge in [-0.15, -0.1) is 0 Å². The topological polar surface area (TPSA) is 169 Å². The molecule has 7 N–H and O–H groups in total. The lowest BCUT2D eigenvalue weighted by Crippen LogP contribution is -2.71. The van der Waals surface area contributed by atoms with Gasteiger partial charge in [0.25, 0.3) is 0 Å². The van der Waals surface area contributed by atoms with Crippen molar-refractivity contribution in [2.45, 2.75) is 173 Å². The maximum atomic E-state index is 12.2. The minimum atomic E-state index is -1.54. The Morgan fingerprint density at radius 1 is 0.826 bits per heavy atom. The third-order valence-electron chi connectivity index (χ3n) is 15.3. The molecule has 0 spiro atoms. The highest BCUT2D eigenvalue weighted by atomic mass is 16.7. The zero-order valence-corrected chi connectivity index (χ0v) is 29.2. The van der Waals surface area contributed by atoms with Crippen LogP contribution in [0.5, 0.6) is 0 Å². The second kappa shape index (κ2) is 11.3. The van der Waals surface area contributed by atoms with E-state index >= 15 is 0 Å². The highest BCUT2D eigenvalue weighted by molar-refractivity contribution is 5.22. The summed E-state index contributed by atoms with van der Waals surface area (Å²) >= 11 is 0. The van der Waals surface area contributed by atoms with E-state index in [1.54, 1.807) is 13.8 Å². The minimum absolute atomic E-state index is 0.0189. The van der Waals surface area contributed by atoms with Crippen LogP contribution in [0.15, 0.2) is 0 Å². The van der Waals surface area contributed by atoms with Gasteiger partial charge < -0.3 is 50.0 Å². The number of aliphatic hydroxyl groups is 7. The van der Waals surface area contributed by atoms with E-state index in [0.717, 1.165) is 32.1 Å². The second-order valence-corrected chi connectivity index (χ2v) is 18.4. The van der Waals surface area contributed by atoms with Crippen molar-refractivity contribution in [2.75, 3.05) is 6.61 Å². The van der Waals surface area contributed by atoms with Crippen LogP contribution in [0.25, 0.3) is 0 Å². The fraction of sp³-hybridized carbons (Fsp3) is 1.00. The molecule has 2 saturated heterocycles. The van der Waals surface area contributed by atoms with Crippen LogP contribution in [0.2, 0.25) is 0 Å². The van der Waals surface area contributed by atoms with Gasteiger partial charge in [-0.05, 0) is 117 Å². The molecular formula is C36H62O10. The largest absolute Gasteiger partial charge is 0.394 e. The Bertz CT molecular complexity index is 1140. The molecule has 0 aromatic heterocycles. The lowest BCUT2D eigenvalue weighted by molar-refractivity contribution is -0.347. The monoisotopic (exact) mass is 654 g/mol. The summed E-state index contributed by atoms with van der Waals surface area (Å²) in [6.45, 7) is 16.4. The Labute approximate surface area is 274 Å². The molecule has 10 heteroatoms. The van der Waals surface area contributed by atoms with Gasteiger partial charge in [0.2, 0.25) is 0 Å². The first-order chi connectivity index (χ1) is 21.2. The Morgan fingerprint density at radius 3 is 2.11 bits per heavy atom. The molecule has 4 aliphatic carbocycles. The van der Waals surface area contributed by atoms with Gasteiger partial charge in [-0.2, -0.15) is 0 Å². The van der Waals surface area contributed by atoms with E-state index in [4.69, 9.17) is 14.2 Å². The van der Waals surface area contributed by atoms with Crippen molar-refractivity contribution in [3.63, 3.8) is 0 Å². The molecule has 0 radical (unpaired) electrons. The Kier molecular flexibility index (Phi) is 8.71. The maximum Gasteiger partial charge on any atom is 0.186 e. The van der Waals surface area contributed by atoms with E-state index in [1.165, 1.54) is 0 Å². The fourth-order valence-electron chi connectivity index (χ4n) is 12.7. The van der Waals surface area contributed by atoms with Crippen LogP contribution in [-0.2, 0) is 14.2 Å². The van der Waals surface area contributed by atoms with Crippen LogP contribution in [-0.4, -0.2) is 109 Å². The smallest absolute Gasteiger partial charge is 0.186 e. The number of fused-ring (bicyclic) bond motifs is 5.